The monoisotopic (exact) mass is 342 g/mol. The number of ether oxygens (including phenoxy) is 1. The van der Waals surface area contributed by atoms with E-state index >= 15 is 0 Å². The molecule has 4 rings (SSSR count). The topological polar surface area (TPSA) is 68.2 Å². The van der Waals surface area contributed by atoms with E-state index in [4.69, 9.17) is 4.74 Å². The molecule has 1 aliphatic carbocycles. The number of aromatic nitrogens is 2. The largest absolute Gasteiger partial charge is 0.378 e. The Morgan fingerprint density at radius 3 is 3.04 bits per heavy atom. The SMILES string of the molecule is CC(C)n1cc2cc(NC(=O)NC3CCCC4OCCC34)ccc2n1. The highest BCUT2D eigenvalue weighted by atomic mass is 16.5. The summed E-state index contributed by atoms with van der Waals surface area (Å²) in [4.78, 5) is 12.4. The number of hydrogen-bond donors (Lipinski definition) is 2. The van der Waals surface area contributed by atoms with Crippen LogP contribution in [-0.4, -0.2) is 34.6 Å². The highest BCUT2D eigenvalue weighted by molar-refractivity contribution is 5.92. The number of hydrogen-bond acceptors (Lipinski definition) is 3. The van der Waals surface area contributed by atoms with E-state index in [9.17, 15) is 4.79 Å². The Labute approximate surface area is 147 Å². The van der Waals surface area contributed by atoms with Gasteiger partial charge in [0.05, 0.1) is 11.6 Å². The van der Waals surface area contributed by atoms with Crippen LogP contribution in [-0.2, 0) is 4.74 Å². The number of amides is 2. The lowest BCUT2D eigenvalue weighted by atomic mass is 9.82. The summed E-state index contributed by atoms with van der Waals surface area (Å²) < 4.78 is 7.72. The van der Waals surface area contributed by atoms with Crippen LogP contribution in [0.3, 0.4) is 0 Å². The molecule has 1 saturated carbocycles. The van der Waals surface area contributed by atoms with Crippen molar-refractivity contribution in [1.82, 2.24) is 15.1 Å². The lowest BCUT2D eigenvalue weighted by molar-refractivity contribution is 0.0553. The van der Waals surface area contributed by atoms with Crippen molar-refractivity contribution < 1.29 is 9.53 Å². The zero-order valence-corrected chi connectivity index (χ0v) is 14.9. The van der Waals surface area contributed by atoms with Crippen molar-refractivity contribution in [3.63, 3.8) is 0 Å². The number of rotatable bonds is 3. The van der Waals surface area contributed by atoms with Crippen molar-refractivity contribution in [3.8, 4) is 0 Å². The molecule has 0 spiro atoms. The van der Waals surface area contributed by atoms with E-state index in [1.165, 1.54) is 0 Å². The molecule has 0 bridgehead atoms. The van der Waals surface area contributed by atoms with Gasteiger partial charge in [0.15, 0.2) is 0 Å². The van der Waals surface area contributed by atoms with Crippen molar-refractivity contribution in [1.29, 1.82) is 0 Å². The summed E-state index contributed by atoms with van der Waals surface area (Å²) in [5.74, 6) is 0.464. The van der Waals surface area contributed by atoms with Crippen LogP contribution in [0.25, 0.3) is 10.9 Å². The number of nitrogens with one attached hydrogen (secondary N) is 2. The van der Waals surface area contributed by atoms with Gasteiger partial charge in [0.25, 0.3) is 0 Å². The molecule has 134 valence electrons. The first-order valence-corrected chi connectivity index (χ1v) is 9.28. The quantitative estimate of drug-likeness (QED) is 0.894. The molecule has 2 fully saturated rings. The fraction of sp³-hybridized carbons (Fsp3) is 0.579. The third-order valence-electron chi connectivity index (χ3n) is 5.41. The van der Waals surface area contributed by atoms with Crippen molar-refractivity contribution >= 4 is 22.6 Å². The molecule has 1 aromatic carbocycles. The molecule has 25 heavy (non-hydrogen) atoms. The average Bonchev–Trinajstić information content (AvgIpc) is 3.21. The molecule has 1 saturated heterocycles. The van der Waals surface area contributed by atoms with Crippen molar-refractivity contribution in [2.45, 2.75) is 57.7 Å². The Kier molecular flexibility index (Phi) is 4.37. The van der Waals surface area contributed by atoms with E-state index in [2.05, 4.69) is 29.6 Å². The minimum Gasteiger partial charge on any atom is -0.378 e. The molecule has 1 aromatic heterocycles. The van der Waals surface area contributed by atoms with Gasteiger partial charge in [-0.1, -0.05) is 0 Å². The van der Waals surface area contributed by atoms with Gasteiger partial charge < -0.3 is 15.4 Å². The van der Waals surface area contributed by atoms with Gasteiger partial charge in [0.2, 0.25) is 0 Å². The molecule has 3 atom stereocenters. The fourth-order valence-corrected chi connectivity index (χ4v) is 4.08. The van der Waals surface area contributed by atoms with Gasteiger partial charge in [-0.05, 0) is 57.7 Å². The minimum absolute atomic E-state index is 0.131. The predicted molar refractivity (Wildman–Crippen MR) is 97.8 cm³/mol. The molecule has 2 N–H and O–H groups in total. The Morgan fingerprint density at radius 1 is 1.32 bits per heavy atom. The van der Waals surface area contributed by atoms with Gasteiger partial charge >= 0.3 is 6.03 Å². The summed E-state index contributed by atoms with van der Waals surface area (Å²) in [6.07, 6.45) is 6.68. The van der Waals surface area contributed by atoms with E-state index in [1.54, 1.807) is 0 Å². The lowest BCUT2D eigenvalue weighted by Gasteiger charge is -2.33. The van der Waals surface area contributed by atoms with Gasteiger partial charge in [-0.2, -0.15) is 5.10 Å². The lowest BCUT2D eigenvalue weighted by Crippen LogP contribution is -2.47. The van der Waals surface area contributed by atoms with Crippen LogP contribution in [0.2, 0.25) is 0 Å². The van der Waals surface area contributed by atoms with Crippen LogP contribution in [0.15, 0.2) is 24.4 Å². The highest BCUT2D eigenvalue weighted by Crippen LogP contribution is 2.34. The van der Waals surface area contributed by atoms with Gasteiger partial charge in [-0.25, -0.2) is 4.79 Å². The van der Waals surface area contributed by atoms with Gasteiger partial charge in [0, 0.05) is 41.9 Å². The molecule has 0 radical (unpaired) electrons. The first-order valence-electron chi connectivity index (χ1n) is 9.28. The van der Waals surface area contributed by atoms with Crippen LogP contribution >= 0.6 is 0 Å². The van der Waals surface area contributed by atoms with Crippen molar-refractivity contribution in [2.24, 2.45) is 5.92 Å². The highest BCUT2D eigenvalue weighted by Gasteiger charge is 2.38. The second-order valence-electron chi connectivity index (χ2n) is 7.47. The molecule has 2 amide bonds. The molecular weight excluding hydrogens is 316 g/mol. The Balaban J connectivity index is 1.42. The third-order valence-corrected chi connectivity index (χ3v) is 5.41. The maximum absolute atomic E-state index is 12.4. The zero-order valence-electron chi connectivity index (χ0n) is 14.9. The maximum Gasteiger partial charge on any atom is 0.319 e. The standard InChI is InChI=1S/C19H26N4O2/c1-12(2)23-11-13-10-14(6-7-16(13)22-23)20-19(24)21-17-4-3-5-18-15(17)8-9-25-18/h6-7,10-12,15,17-18H,3-5,8-9H2,1-2H3,(H2,20,21,24). The van der Waals surface area contributed by atoms with Crippen LogP contribution in [0.4, 0.5) is 10.5 Å². The molecule has 2 aliphatic rings. The summed E-state index contributed by atoms with van der Waals surface area (Å²) >= 11 is 0. The molecule has 3 unspecified atom stereocenters. The van der Waals surface area contributed by atoms with Gasteiger partial charge in [0.1, 0.15) is 0 Å². The van der Waals surface area contributed by atoms with Crippen molar-refractivity contribution in [3.05, 3.63) is 24.4 Å². The van der Waals surface area contributed by atoms with E-state index in [-0.39, 0.29) is 12.1 Å². The first kappa shape index (κ1) is 16.4. The van der Waals surface area contributed by atoms with Crippen LogP contribution < -0.4 is 10.6 Å². The molecule has 1 aliphatic heterocycles. The minimum atomic E-state index is -0.131. The number of anilines is 1. The number of urea groups is 1. The normalized spacial score (nSPS) is 26.0. The number of fused-ring (bicyclic) bond motifs is 2. The summed E-state index contributed by atoms with van der Waals surface area (Å²) in [5, 5.41) is 11.7. The predicted octanol–water partition coefficient (Wildman–Crippen LogP) is 3.70. The second kappa shape index (κ2) is 6.67. The van der Waals surface area contributed by atoms with Gasteiger partial charge in [-0.15, -0.1) is 0 Å². The van der Waals surface area contributed by atoms with E-state index in [1.807, 2.05) is 29.1 Å². The average molecular weight is 342 g/mol. The first-order chi connectivity index (χ1) is 12.1. The smallest absolute Gasteiger partial charge is 0.319 e. The molecule has 6 nitrogen and oxygen atoms in total. The summed E-state index contributed by atoms with van der Waals surface area (Å²) in [5.41, 5.74) is 1.74. The number of carbonyl (C=O) groups excluding carboxylic acids is 1. The van der Waals surface area contributed by atoms with Crippen LogP contribution in [0.1, 0.15) is 45.6 Å². The fourth-order valence-electron chi connectivity index (χ4n) is 4.08. The Bertz CT molecular complexity index is 770. The van der Waals surface area contributed by atoms with E-state index in [0.717, 1.165) is 48.9 Å². The van der Waals surface area contributed by atoms with Crippen LogP contribution in [0.5, 0.6) is 0 Å². The van der Waals surface area contributed by atoms with Gasteiger partial charge in [-0.3, -0.25) is 4.68 Å². The van der Waals surface area contributed by atoms with E-state index < -0.39 is 0 Å². The van der Waals surface area contributed by atoms with Crippen molar-refractivity contribution in [2.75, 3.05) is 11.9 Å². The zero-order chi connectivity index (χ0) is 17.4. The van der Waals surface area contributed by atoms with Crippen LogP contribution in [0, 0.1) is 5.92 Å². The number of carbonyl (C=O) groups is 1. The Hall–Kier alpha value is -2.08. The molecule has 2 aromatic rings. The number of benzene rings is 1. The molecule has 6 heteroatoms. The summed E-state index contributed by atoms with van der Waals surface area (Å²) in [6, 6.07) is 6.23. The second-order valence-corrected chi connectivity index (χ2v) is 7.47. The number of nitrogens with zero attached hydrogens (tertiary/aromatic N) is 2. The summed E-state index contributed by atoms with van der Waals surface area (Å²) in [7, 11) is 0. The molecule has 2 heterocycles. The molecular formula is C19H26N4O2. The van der Waals surface area contributed by atoms with E-state index in [0.29, 0.717) is 18.1 Å². The third kappa shape index (κ3) is 3.35. The summed E-state index contributed by atoms with van der Waals surface area (Å²) in [6.45, 7) is 5.02. The maximum atomic E-state index is 12.4. The Morgan fingerprint density at radius 2 is 2.20 bits per heavy atom.